The molecule has 0 spiro atoms. The molecular formula is C29H27N5O6. The van der Waals surface area contributed by atoms with Gasteiger partial charge in [0.2, 0.25) is 0 Å². The number of amides is 2. The lowest BCUT2D eigenvalue weighted by molar-refractivity contribution is -0.136. The van der Waals surface area contributed by atoms with E-state index in [4.69, 9.17) is 9.47 Å². The third-order valence-electron chi connectivity index (χ3n) is 6.02. The number of methoxy groups -OCH3 is 1. The summed E-state index contributed by atoms with van der Waals surface area (Å²) in [6, 6.07) is 20.6. The number of anilines is 1. The van der Waals surface area contributed by atoms with Gasteiger partial charge in [-0.1, -0.05) is 35.9 Å². The van der Waals surface area contributed by atoms with Crippen LogP contribution in [0.15, 0.2) is 82.7 Å². The summed E-state index contributed by atoms with van der Waals surface area (Å²) in [7, 11) is 3.09. The highest BCUT2D eigenvalue weighted by atomic mass is 16.6. The average molecular weight is 542 g/mol. The number of hydrogen-bond acceptors (Lipinski definition) is 7. The molecule has 4 rings (SSSR count). The standard InChI is InChI=1S/C29H27N5O6/c1-18-9-8-10-21(15-18)29(38)40-23-14-13-20(16-24(23)39-4)17-30-32-27(36)26(35)31-25-19(2)33(3)34(28(25)37)22-11-6-5-7-12-22/h5-17H,1-4H3,(H,31,35)(H,32,36). The van der Waals surface area contributed by atoms with Crippen LogP contribution in [0, 0.1) is 13.8 Å². The minimum absolute atomic E-state index is 0.0176. The molecule has 0 saturated carbocycles. The van der Waals surface area contributed by atoms with E-state index in [1.54, 1.807) is 73.3 Å². The highest BCUT2D eigenvalue weighted by Crippen LogP contribution is 2.28. The minimum Gasteiger partial charge on any atom is -0.493 e. The Hall–Kier alpha value is -5.45. The molecule has 0 fully saturated rings. The van der Waals surface area contributed by atoms with Crippen LogP contribution in [-0.4, -0.2) is 40.5 Å². The maximum atomic E-state index is 12.9. The molecular weight excluding hydrogens is 514 g/mol. The van der Waals surface area contributed by atoms with E-state index in [0.29, 0.717) is 22.5 Å². The molecule has 0 atom stereocenters. The Kier molecular flexibility index (Phi) is 8.24. The SMILES string of the molecule is COc1cc(C=NNC(=O)C(=O)Nc2c(C)n(C)n(-c3ccccc3)c2=O)ccc1OC(=O)c1cccc(C)c1. The average Bonchev–Trinajstić information content (AvgIpc) is 3.16. The Morgan fingerprint density at radius 1 is 0.900 bits per heavy atom. The van der Waals surface area contributed by atoms with Crippen LogP contribution < -0.4 is 25.8 Å². The number of carbonyl (C=O) groups excluding carboxylic acids is 3. The van der Waals surface area contributed by atoms with Crippen molar-refractivity contribution in [1.29, 1.82) is 0 Å². The van der Waals surface area contributed by atoms with E-state index in [9.17, 15) is 19.2 Å². The minimum atomic E-state index is -1.07. The van der Waals surface area contributed by atoms with Crippen molar-refractivity contribution in [2.24, 2.45) is 12.1 Å². The fourth-order valence-corrected chi connectivity index (χ4v) is 3.88. The number of nitrogens with zero attached hydrogens (tertiary/aromatic N) is 3. The quantitative estimate of drug-likeness (QED) is 0.121. The number of esters is 1. The summed E-state index contributed by atoms with van der Waals surface area (Å²) in [6.07, 6.45) is 1.29. The number of benzene rings is 3. The number of para-hydroxylation sites is 1. The fraction of sp³-hybridized carbons (Fsp3) is 0.138. The number of rotatable bonds is 7. The summed E-state index contributed by atoms with van der Waals surface area (Å²) in [4.78, 5) is 50.2. The van der Waals surface area contributed by atoms with Gasteiger partial charge in [-0.3, -0.25) is 19.1 Å². The predicted octanol–water partition coefficient (Wildman–Crippen LogP) is 3.11. The second-order valence-electron chi connectivity index (χ2n) is 8.76. The van der Waals surface area contributed by atoms with E-state index in [2.05, 4.69) is 15.8 Å². The second-order valence-corrected chi connectivity index (χ2v) is 8.76. The van der Waals surface area contributed by atoms with Gasteiger partial charge < -0.3 is 14.8 Å². The van der Waals surface area contributed by atoms with Gasteiger partial charge in [-0.05, 0) is 61.9 Å². The van der Waals surface area contributed by atoms with E-state index in [1.165, 1.54) is 24.1 Å². The normalized spacial score (nSPS) is 10.8. The molecule has 1 heterocycles. The molecule has 0 aliphatic carbocycles. The van der Waals surface area contributed by atoms with E-state index in [1.807, 2.05) is 19.1 Å². The van der Waals surface area contributed by atoms with Gasteiger partial charge in [0.05, 0.1) is 30.3 Å². The molecule has 0 bridgehead atoms. The third kappa shape index (κ3) is 5.99. The largest absolute Gasteiger partial charge is 0.493 e. The van der Waals surface area contributed by atoms with Crippen molar-refractivity contribution < 1.29 is 23.9 Å². The molecule has 40 heavy (non-hydrogen) atoms. The fourth-order valence-electron chi connectivity index (χ4n) is 3.88. The zero-order chi connectivity index (χ0) is 28.8. The summed E-state index contributed by atoms with van der Waals surface area (Å²) < 4.78 is 13.7. The molecule has 11 nitrogen and oxygen atoms in total. The zero-order valence-corrected chi connectivity index (χ0v) is 22.3. The van der Waals surface area contributed by atoms with Gasteiger partial charge in [-0.15, -0.1) is 0 Å². The van der Waals surface area contributed by atoms with Crippen molar-refractivity contribution in [3.05, 3.63) is 106 Å². The van der Waals surface area contributed by atoms with Crippen LogP contribution in [0.2, 0.25) is 0 Å². The van der Waals surface area contributed by atoms with Crippen LogP contribution >= 0.6 is 0 Å². The maximum absolute atomic E-state index is 12.9. The van der Waals surface area contributed by atoms with Crippen molar-refractivity contribution in [3.63, 3.8) is 0 Å². The first kappa shape index (κ1) is 27.6. The Labute approximate surface area is 229 Å². The highest BCUT2D eigenvalue weighted by Gasteiger charge is 2.21. The smallest absolute Gasteiger partial charge is 0.343 e. The van der Waals surface area contributed by atoms with Crippen LogP contribution in [0.3, 0.4) is 0 Å². The molecule has 2 N–H and O–H groups in total. The lowest BCUT2D eigenvalue weighted by atomic mass is 10.1. The van der Waals surface area contributed by atoms with E-state index in [-0.39, 0.29) is 17.2 Å². The number of aryl methyl sites for hydroxylation is 1. The second kappa shape index (κ2) is 11.9. The lowest BCUT2D eigenvalue weighted by Crippen LogP contribution is -2.34. The number of hydrogen-bond donors (Lipinski definition) is 2. The third-order valence-corrected chi connectivity index (χ3v) is 6.02. The van der Waals surface area contributed by atoms with Crippen LogP contribution in [0.5, 0.6) is 11.5 Å². The van der Waals surface area contributed by atoms with Crippen LogP contribution in [0.25, 0.3) is 5.69 Å². The Balaban J connectivity index is 1.41. The molecule has 3 aromatic carbocycles. The zero-order valence-electron chi connectivity index (χ0n) is 22.3. The number of carbonyl (C=O) groups is 3. The Morgan fingerprint density at radius 2 is 1.65 bits per heavy atom. The van der Waals surface area contributed by atoms with Crippen LogP contribution in [0.1, 0.15) is 27.2 Å². The molecule has 0 aliphatic heterocycles. The van der Waals surface area contributed by atoms with Gasteiger partial charge in [0.25, 0.3) is 5.56 Å². The Bertz CT molecular complexity index is 1670. The molecule has 0 radical (unpaired) electrons. The van der Waals surface area contributed by atoms with Crippen molar-refractivity contribution in [3.8, 4) is 17.2 Å². The first-order chi connectivity index (χ1) is 19.2. The molecule has 0 unspecified atom stereocenters. The van der Waals surface area contributed by atoms with Crippen molar-refractivity contribution in [1.82, 2.24) is 14.8 Å². The van der Waals surface area contributed by atoms with Crippen LogP contribution in [-0.2, 0) is 16.6 Å². The summed E-state index contributed by atoms with van der Waals surface area (Å²) in [6.45, 7) is 3.53. The maximum Gasteiger partial charge on any atom is 0.343 e. The molecule has 0 saturated heterocycles. The van der Waals surface area contributed by atoms with Gasteiger partial charge >= 0.3 is 17.8 Å². The van der Waals surface area contributed by atoms with Gasteiger partial charge in [-0.25, -0.2) is 14.9 Å². The summed E-state index contributed by atoms with van der Waals surface area (Å²) in [5.74, 6) is -2.19. The first-order valence-corrected chi connectivity index (χ1v) is 12.1. The van der Waals surface area contributed by atoms with Gasteiger partial charge in [0.15, 0.2) is 11.5 Å². The summed E-state index contributed by atoms with van der Waals surface area (Å²) in [5, 5.41) is 6.18. The van der Waals surface area contributed by atoms with Crippen molar-refractivity contribution >= 4 is 29.7 Å². The lowest BCUT2D eigenvalue weighted by Gasteiger charge is -2.10. The van der Waals surface area contributed by atoms with Crippen molar-refractivity contribution in [2.45, 2.75) is 13.8 Å². The summed E-state index contributed by atoms with van der Waals surface area (Å²) >= 11 is 0. The van der Waals surface area contributed by atoms with E-state index < -0.39 is 23.3 Å². The molecule has 11 heteroatoms. The molecule has 2 amide bonds. The molecule has 0 aliphatic rings. The monoisotopic (exact) mass is 541 g/mol. The number of aromatic nitrogens is 2. The first-order valence-electron chi connectivity index (χ1n) is 12.1. The summed E-state index contributed by atoms with van der Waals surface area (Å²) in [5.41, 5.74) is 4.53. The number of ether oxygens (including phenoxy) is 2. The number of hydrazone groups is 1. The molecule has 4 aromatic rings. The number of nitrogens with one attached hydrogen (secondary N) is 2. The van der Waals surface area contributed by atoms with Gasteiger partial charge in [0.1, 0.15) is 5.69 Å². The van der Waals surface area contributed by atoms with E-state index in [0.717, 1.165) is 5.56 Å². The van der Waals surface area contributed by atoms with E-state index >= 15 is 0 Å². The topological polar surface area (TPSA) is 133 Å². The Morgan fingerprint density at radius 3 is 2.35 bits per heavy atom. The van der Waals surface area contributed by atoms with Gasteiger partial charge in [-0.2, -0.15) is 5.10 Å². The van der Waals surface area contributed by atoms with Gasteiger partial charge in [0, 0.05) is 7.05 Å². The van der Waals surface area contributed by atoms with Crippen molar-refractivity contribution in [2.75, 3.05) is 12.4 Å². The highest BCUT2D eigenvalue weighted by molar-refractivity contribution is 6.39. The molecule has 204 valence electrons. The van der Waals surface area contributed by atoms with Crippen LogP contribution in [0.4, 0.5) is 5.69 Å². The molecule has 1 aromatic heterocycles. The predicted molar refractivity (Wildman–Crippen MR) is 149 cm³/mol.